The molecule has 0 aliphatic heterocycles. The van der Waals surface area contributed by atoms with E-state index in [-0.39, 0.29) is 13.0 Å². The highest BCUT2D eigenvalue weighted by atomic mass is 35.5. The normalized spacial score (nSPS) is 9.47. The summed E-state index contributed by atoms with van der Waals surface area (Å²) >= 11 is 5.77. The van der Waals surface area contributed by atoms with Crippen LogP contribution in [0.25, 0.3) is 0 Å². The number of hydrogen-bond acceptors (Lipinski definition) is 3. The second-order valence-corrected chi connectivity index (χ2v) is 4.12. The van der Waals surface area contributed by atoms with Crippen LogP contribution in [0.2, 0.25) is 5.02 Å². The maximum atomic E-state index is 11.5. The number of anilines is 1. The van der Waals surface area contributed by atoms with Gasteiger partial charge >= 0.3 is 12.0 Å². The third kappa shape index (κ3) is 5.27. The molecule has 0 bridgehead atoms. The molecule has 0 fully saturated rings. The Hall–Kier alpha value is -2.26. The Morgan fingerprint density at radius 1 is 1.42 bits per heavy atom. The van der Waals surface area contributed by atoms with E-state index in [4.69, 9.17) is 22.0 Å². The molecule has 1 rings (SSSR count). The van der Waals surface area contributed by atoms with Crippen LogP contribution >= 0.6 is 11.6 Å². The Kier molecular flexibility index (Phi) is 5.64. The number of nitriles is 1. The highest BCUT2D eigenvalue weighted by Crippen LogP contribution is 2.20. The molecule has 1 aromatic carbocycles. The van der Waals surface area contributed by atoms with Crippen molar-refractivity contribution in [2.75, 3.05) is 11.9 Å². The van der Waals surface area contributed by atoms with Gasteiger partial charge in [-0.1, -0.05) is 11.6 Å². The van der Waals surface area contributed by atoms with Gasteiger partial charge in [-0.15, -0.1) is 0 Å². The van der Waals surface area contributed by atoms with Crippen molar-refractivity contribution in [2.24, 2.45) is 0 Å². The van der Waals surface area contributed by atoms with Gasteiger partial charge in [-0.2, -0.15) is 5.26 Å². The van der Waals surface area contributed by atoms with Crippen LogP contribution in [0, 0.1) is 11.3 Å². The predicted octanol–water partition coefficient (Wildman–Crippen LogP) is 2.20. The van der Waals surface area contributed by atoms with Crippen LogP contribution in [-0.2, 0) is 4.79 Å². The number of carbonyl (C=O) groups excluding carboxylic acids is 1. The van der Waals surface area contributed by atoms with Gasteiger partial charge in [-0.25, -0.2) is 4.79 Å². The SMILES string of the molecule is N#Cc1ccc(Cl)cc1NC(=O)NCCCC(=O)O. The number of carboxylic acid groups (broad SMARTS) is 1. The lowest BCUT2D eigenvalue weighted by Gasteiger charge is -2.08. The molecule has 6 nitrogen and oxygen atoms in total. The summed E-state index contributed by atoms with van der Waals surface area (Å²) in [6, 6.07) is 5.94. The highest BCUT2D eigenvalue weighted by molar-refractivity contribution is 6.31. The van der Waals surface area contributed by atoms with Crippen molar-refractivity contribution in [1.82, 2.24) is 5.32 Å². The molecule has 0 unspecified atom stereocenters. The molecule has 0 spiro atoms. The molecule has 0 aliphatic carbocycles. The molecule has 7 heteroatoms. The van der Waals surface area contributed by atoms with E-state index in [2.05, 4.69) is 10.6 Å². The predicted molar refractivity (Wildman–Crippen MR) is 70.1 cm³/mol. The van der Waals surface area contributed by atoms with Gasteiger partial charge in [-0.05, 0) is 24.6 Å². The lowest BCUT2D eigenvalue weighted by atomic mass is 10.2. The molecule has 1 aromatic rings. The van der Waals surface area contributed by atoms with Crippen molar-refractivity contribution in [3.63, 3.8) is 0 Å². The van der Waals surface area contributed by atoms with Gasteiger partial charge in [0.05, 0.1) is 11.3 Å². The molecular formula is C12H12ClN3O3. The molecule has 0 aromatic heterocycles. The number of carboxylic acids is 1. The Bertz CT molecular complexity index is 525. The monoisotopic (exact) mass is 281 g/mol. The molecular weight excluding hydrogens is 270 g/mol. The lowest BCUT2D eigenvalue weighted by Crippen LogP contribution is -2.30. The van der Waals surface area contributed by atoms with Crippen LogP contribution in [0.15, 0.2) is 18.2 Å². The van der Waals surface area contributed by atoms with Gasteiger partial charge < -0.3 is 15.7 Å². The zero-order chi connectivity index (χ0) is 14.3. The number of nitrogens with one attached hydrogen (secondary N) is 2. The number of carbonyl (C=O) groups is 2. The second-order valence-electron chi connectivity index (χ2n) is 3.68. The van der Waals surface area contributed by atoms with Crippen molar-refractivity contribution in [1.29, 1.82) is 5.26 Å². The summed E-state index contributed by atoms with van der Waals surface area (Å²) < 4.78 is 0. The van der Waals surface area contributed by atoms with Crippen molar-refractivity contribution in [3.8, 4) is 6.07 Å². The van der Waals surface area contributed by atoms with E-state index in [0.29, 0.717) is 22.7 Å². The van der Waals surface area contributed by atoms with Gasteiger partial charge in [0.1, 0.15) is 6.07 Å². The first-order chi connectivity index (χ1) is 9.02. The van der Waals surface area contributed by atoms with Gasteiger partial charge in [0.2, 0.25) is 0 Å². The molecule has 19 heavy (non-hydrogen) atoms. The maximum Gasteiger partial charge on any atom is 0.319 e. The van der Waals surface area contributed by atoms with E-state index in [9.17, 15) is 9.59 Å². The van der Waals surface area contributed by atoms with Crippen molar-refractivity contribution in [3.05, 3.63) is 28.8 Å². The molecule has 0 heterocycles. The Balaban J connectivity index is 2.51. The van der Waals surface area contributed by atoms with Gasteiger partial charge in [0, 0.05) is 18.0 Å². The van der Waals surface area contributed by atoms with Gasteiger partial charge in [0.25, 0.3) is 0 Å². The zero-order valence-electron chi connectivity index (χ0n) is 9.94. The van der Waals surface area contributed by atoms with Crippen molar-refractivity contribution >= 4 is 29.3 Å². The Labute approximate surface area is 115 Å². The van der Waals surface area contributed by atoms with E-state index in [1.807, 2.05) is 6.07 Å². The van der Waals surface area contributed by atoms with Crippen molar-refractivity contribution in [2.45, 2.75) is 12.8 Å². The Morgan fingerprint density at radius 2 is 2.16 bits per heavy atom. The molecule has 0 saturated heterocycles. The lowest BCUT2D eigenvalue weighted by molar-refractivity contribution is -0.137. The fourth-order valence-electron chi connectivity index (χ4n) is 1.33. The molecule has 0 aliphatic rings. The minimum absolute atomic E-state index is 0.0130. The number of benzene rings is 1. The van der Waals surface area contributed by atoms with Gasteiger partial charge in [-0.3, -0.25) is 4.79 Å². The van der Waals surface area contributed by atoms with Crippen molar-refractivity contribution < 1.29 is 14.7 Å². The van der Waals surface area contributed by atoms with Crippen LogP contribution in [0.1, 0.15) is 18.4 Å². The van der Waals surface area contributed by atoms with E-state index >= 15 is 0 Å². The van der Waals surface area contributed by atoms with E-state index in [0.717, 1.165) is 0 Å². The van der Waals surface area contributed by atoms with Gasteiger partial charge in [0.15, 0.2) is 0 Å². The van der Waals surface area contributed by atoms with Crippen LogP contribution in [-0.4, -0.2) is 23.7 Å². The molecule has 0 atom stereocenters. The first kappa shape index (κ1) is 14.8. The number of aliphatic carboxylic acids is 1. The average molecular weight is 282 g/mol. The number of rotatable bonds is 5. The third-order valence-corrected chi connectivity index (χ3v) is 2.44. The average Bonchev–Trinajstić information content (AvgIpc) is 2.35. The molecule has 2 amide bonds. The van der Waals surface area contributed by atoms with Crippen LogP contribution < -0.4 is 10.6 Å². The number of nitrogens with zero attached hydrogens (tertiary/aromatic N) is 1. The number of amides is 2. The number of urea groups is 1. The van der Waals surface area contributed by atoms with Crippen LogP contribution in [0.4, 0.5) is 10.5 Å². The minimum Gasteiger partial charge on any atom is -0.481 e. The minimum atomic E-state index is -0.913. The molecule has 100 valence electrons. The highest BCUT2D eigenvalue weighted by Gasteiger charge is 2.07. The molecule has 0 radical (unpaired) electrons. The zero-order valence-corrected chi connectivity index (χ0v) is 10.7. The fraction of sp³-hybridized carbons (Fsp3) is 0.250. The van der Waals surface area contributed by atoms with E-state index < -0.39 is 12.0 Å². The topological polar surface area (TPSA) is 102 Å². The third-order valence-electron chi connectivity index (χ3n) is 2.20. The summed E-state index contributed by atoms with van der Waals surface area (Å²) in [6.45, 7) is 0.237. The summed E-state index contributed by atoms with van der Waals surface area (Å²) in [5.74, 6) is -0.913. The summed E-state index contributed by atoms with van der Waals surface area (Å²) in [5.41, 5.74) is 0.607. The summed E-state index contributed by atoms with van der Waals surface area (Å²) in [6.07, 6.45) is 0.324. The molecule has 0 saturated carbocycles. The van der Waals surface area contributed by atoms with E-state index in [1.165, 1.54) is 12.1 Å². The number of halogens is 1. The summed E-state index contributed by atoms with van der Waals surface area (Å²) in [5, 5.41) is 22.7. The maximum absolute atomic E-state index is 11.5. The fourth-order valence-corrected chi connectivity index (χ4v) is 1.50. The summed E-state index contributed by atoms with van der Waals surface area (Å²) in [7, 11) is 0. The van der Waals surface area contributed by atoms with E-state index in [1.54, 1.807) is 6.07 Å². The first-order valence-corrected chi connectivity index (χ1v) is 5.87. The molecule has 3 N–H and O–H groups in total. The van der Waals surface area contributed by atoms with Crippen LogP contribution in [0.3, 0.4) is 0 Å². The number of hydrogen-bond donors (Lipinski definition) is 3. The second kappa shape index (κ2) is 7.24. The first-order valence-electron chi connectivity index (χ1n) is 5.49. The largest absolute Gasteiger partial charge is 0.481 e. The van der Waals surface area contributed by atoms with Crippen LogP contribution in [0.5, 0.6) is 0 Å². The summed E-state index contributed by atoms with van der Waals surface area (Å²) in [4.78, 5) is 21.8. The quantitative estimate of drug-likeness (QED) is 0.720. The standard InChI is InChI=1S/C12H12ClN3O3/c13-9-4-3-8(7-14)10(6-9)16-12(19)15-5-1-2-11(17)18/h3-4,6H,1-2,5H2,(H,17,18)(H2,15,16,19). The Morgan fingerprint density at radius 3 is 2.79 bits per heavy atom. The smallest absolute Gasteiger partial charge is 0.319 e.